The Morgan fingerprint density at radius 3 is 2.81 bits per heavy atom. The predicted octanol–water partition coefficient (Wildman–Crippen LogP) is 2.53. The Morgan fingerprint density at radius 2 is 2.24 bits per heavy atom. The van der Waals surface area contributed by atoms with Gasteiger partial charge in [0.2, 0.25) is 5.43 Å². The van der Waals surface area contributed by atoms with Gasteiger partial charge in [-0.1, -0.05) is 11.6 Å². The van der Waals surface area contributed by atoms with E-state index in [1.165, 1.54) is 4.57 Å². The Hall–Kier alpha value is -2.22. The summed E-state index contributed by atoms with van der Waals surface area (Å²) in [7, 11) is 0. The number of carbonyl (C=O) groups is 1. The van der Waals surface area contributed by atoms with Gasteiger partial charge in [-0.2, -0.15) is 0 Å². The fourth-order valence-corrected chi connectivity index (χ4v) is 2.19. The zero-order valence-electron chi connectivity index (χ0n) is 10.2. The highest BCUT2D eigenvalue weighted by molar-refractivity contribution is 6.29. The van der Waals surface area contributed by atoms with Crippen molar-refractivity contribution in [3.05, 3.63) is 33.5 Å². The topological polar surface area (TPSA) is 81.4 Å². The maximum atomic E-state index is 13.5. The molecule has 2 atom stereocenters. The first-order valence-corrected chi connectivity index (χ1v) is 6.22. The van der Waals surface area contributed by atoms with Crippen LogP contribution in [0.15, 0.2) is 17.1 Å². The number of ether oxygens (including phenoxy) is 1. The van der Waals surface area contributed by atoms with Crippen LogP contribution in [0.25, 0.3) is 11.0 Å². The van der Waals surface area contributed by atoms with Crippen molar-refractivity contribution in [1.29, 1.82) is 0 Å². The van der Waals surface area contributed by atoms with E-state index >= 15 is 0 Å². The van der Waals surface area contributed by atoms with E-state index in [2.05, 4.69) is 9.72 Å². The van der Waals surface area contributed by atoms with Gasteiger partial charge in [-0.05, 0) is 6.07 Å². The van der Waals surface area contributed by atoms with Gasteiger partial charge >= 0.3 is 6.16 Å². The molecule has 2 aromatic heterocycles. The van der Waals surface area contributed by atoms with Crippen LogP contribution in [0.5, 0.6) is 5.75 Å². The predicted molar refractivity (Wildman–Crippen MR) is 68.2 cm³/mol. The number of hydrogen-bond donors (Lipinski definition) is 1. The maximum absolute atomic E-state index is 13.5. The number of alkyl halides is 1. The van der Waals surface area contributed by atoms with Gasteiger partial charge in [-0.25, -0.2) is 18.6 Å². The number of hydrogen-bond acceptors (Lipinski definition) is 4. The molecular formula is C12H7ClF2N2O4. The first-order valence-electron chi connectivity index (χ1n) is 5.84. The lowest BCUT2D eigenvalue weighted by molar-refractivity contribution is 0.143. The number of aromatic nitrogens is 2. The minimum Gasteiger partial charge on any atom is -0.449 e. The average Bonchev–Trinajstić information content (AvgIpc) is 3.12. The molecule has 3 rings (SSSR count). The number of pyridine rings is 2. The summed E-state index contributed by atoms with van der Waals surface area (Å²) in [5.41, 5.74) is -0.878. The summed E-state index contributed by atoms with van der Waals surface area (Å²) in [5, 5.41) is 7.92. The SMILES string of the molecule is O=C(O)Oc1cn([C@@H]2C[C@@H]2F)c2nc(Cl)c(F)cc2c1=O. The Labute approximate surface area is 120 Å². The molecule has 1 saturated carbocycles. The fraction of sp³-hybridized carbons (Fsp3) is 0.250. The number of carboxylic acid groups (broad SMARTS) is 1. The first-order chi connectivity index (χ1) is 9.88. The minimum absolute atomic E-state index is 0.0192. The van der Waals surface area contributed by atoms with Gasteiger partial charge in [-0.3, -0.25) is 4.79 Å². The molecular weight excluding hydrogens is 310 g/mol. The minimum atomic E-state index is -1.70. The first kappa shape index (κ1) is 13.7. The molecule has 2 aromatic rings. The van der Waals surface area contributed by atoms with Crippen molar-refractivity contribution in [2.75, 3.05) is 0 Å². The summed E-state index contributed by atoms with van der Waals surface area (Å²) in [4.78, 5) is 26.4. The van der Waals surface area contributed by atoms with Crippen LogP contribution in [0.4, 0.5) is 13.6 Å². The fourth-order valence-electron chi connectivity index (χ4n) is 2.06. The van der Waals surface area contributed by atoms with E-state index in [4.69, 9.17) is 16.7 Å². The van der Waals surface area contributed by atoms with Gasteiger partial charge in [0.1, 0.15) is 11.8 Å². The molecule has 1 aliphatic rings. The molecule has 0 spiro atoms. The van der Waals surface area contributed by atoms with Gasteiger partial charge in [0.25, 0.3) is 0 Å². The van der Waals surface area contributed by atoms with Crippen LogP contribution in [0.2, 0.25) is 5.15 Å². The molecule has 0 amide bonds. The Kier molecular flexibility index (Phi) is 3.05. The van der Waals surface area contributed by atoms with Crippen LogP contribution in [0.3, 0.4) is 0 Å². The summed E-state index contributed by atoms with van der Waals surface area (Å²) >= 11 is 5.58. The van der Waals surface area contributed by atoms with Crippen LogP contribution < -0.4 is 10.2 Å². The third-order valence-corrected chi connectivity index (χ3v) is 3.38. The second kappa shape index (κ2) is 4.66. The largest absolute Gasteiger partial charge is 0.511 e. The molecule has 1 aliphatic carbocycles. The molecule has 0 aromatic carbocycles. The molecule has 6 nitrogen and oxygen atoms in total. The van der Waals surface area contributed by atoms with Crippen molar-refractivity contribution >= 4 is 28.8 Å². The van der Waals surface area contributed by atoms with Gasteiger partial charge in [0.15, 0.2) is 16.7 Å². The average molecular weight is 317 g/mol. The van der Waals surface area contributed by atoms with Gasteiger partial charge in [0, 0.05) is 6.42 Å². The van der Waals surface area contributed by atoms with E-state index in [0.29, 0.717) is 0 Å². The van der Waals surface area contributed by atoms with Crippen molar-refractivity contribution in [2.24, 2.45) is 0 Å². The van der Waals surface area contributed by atoms with Crippen LogP contribution in [0.1, 0.15) is 12.5 Å². The Morgan fingerprint density at radius 1 is 1.57 bits per heavy atom. The lowest BCUT2D eigenvalue weighted by Gasteiger charge is -2.11. The second-order valence-electron chi connectivity index (χ2n) is 4.55. The standard InChI is InChI=1S/C12H7ClF2N2O4/c13-10-6(15)1-4-9(18)8(21-12(19)20)3-17(11(4)16-10)7-2-5(7)14/h1,3,5,7H,2H2,(H,19,20)/t5-,7+/m0/s1. The number of rotatable bonds is 2. The Bertz CT molecular complexity index is 823. The number of fused-ring (bicyclic) bond motifs is 1. The molecule has 2 heterocycles. The molecule has 0 unspecified atom stereocenters. The van der Waals surface area contributed by atoms with E-state index in [1.807, 2.05) is 0 Å². The highest BCUT2D eigenvalue weighted by Crippen LogP contribution is 2.40. The van der Waals surface area contributed by atoms with Gasteiger partial charge in [-0.15, -0.1) is 0 Å². The van der Waals surface area contributed by atoms with E-state index < -0.39 is 40.5 Å². The zero-order chi connectivity index (χ0) is 15.3. The van der Waals surface area contributed by atoms with Crippen molar-refractivity contribution in [3.63, 3.8) is 0 Å². The zero-order valence-corrected chi connectivity index (χ0v) is 11.0. The van der Waals surface area contributed by atoms with Crippen molar-refractivity contribution in [3.8, 4) is 5.75 Å². The molecule has 0 saturated heterocycles. The second-order valence-corrected chi connectivity index (χ2v) is 4.91. The highest BCUT2D eigenvalue weighted by Gasteiger charge is 2.40. The molecule has 0 aliphatic heterocycles. The lowest BCUT2D eigenvalue weighted by atomic mass is 10.2. The number of halogens is 3. The molecule has 9 heteroatoms. The van der Waals surface area contributed by atoms with E-state index in [0.717, 1.165) is 12.3 Å². The summed E-state index contributed by atoms with van der Waals surface area (Å²) in [6.07, 6.45) is -1.63. The summed E-state index contributed by atoms with van der Waals surface area (Å²) < 4.78 is 32.3. The molecule has 1 N–H and O–H groups in total. The number of nitrogens with zero attached hydrogens (tertiary/aromatic N) is 2. The Balaban J connectivity index is 2.32. The van der Waals surface area contributed by atoms with Crippen LogP contribution in [0, 0.1) is 5.82 Å². The lowest BCUT2D eigenvalue weighted by Crippen LogP contribution is -2.17. The van der Waals surface area contributed by atoms with Gasteiger partial charge < -0.3 is 14.4 Å². The van der Waals surface area contributed by atoms with Crippen molar-refractivity contribution < 1.29 is 23.4 Å². The van der Waals surface area contributed by atoms with E-state index in [-0.39, 0.29) is 17.5 Å². The van der Waals surface area contributed by atoms with Crippen molar-refractivity contribution in [2.45, 2.75) is 18.6 Å². The van der Waals surface area contributed by atoms with Crippen molar-refractivity contribution in [1.82, 2.24) is 9.55 Å². The van der Waals surface area contributed by atoms with Crippen LogP contribution in [-0.2, 0) is 0 Å². The smallest absolute Gasteiger partial charge is 0.449 e. The van der Waals surface area contributed by atoms with E-state index in [1.54, 1.807) is 0 Å². The van der Waals surface area contributed by atoms with E-state index in [9.17, 15) is 18.4 Å². The third kappa shape index (κ3) is 2.31. The molecule has 0 radical (unpaired) electrons. The molecule has 0 bridgehead atoms. The van der Waals surface area contributed by atoms with Crippen LogP contribution in [-0.4, -0.2) is 27.0 Å². The molecule has 110 valence electrons. The molecule has 1 fully saturated rings. The summed E-state index contributed by atoms with van der Waals surface area (Å²) in [6, 6.07) is 0.215. The van der Waals surface area contributed by atoms with Crippen LogP contribution >= 0.6 is 11.6 Å². The summed E-state index contributed by atoms with van der Waals surface area (Å²) in [6.45, 7) is 0. The third-order valence-electron chi connectivity index (χ3n) is 3.12. The quantitative estimate of drug-likeness (QED) is 0.680. The molecule has 21 heavy (non-hydrogen) atoms. The summed E-state index contributed by atoms with van der Waals surface area (Å²) in [5.74, 6) is -1.48. The van der Waals surface area contributed by atoms with Gasteiger partial charge in [0.05, 0.1) is 17.6 Å². The monoisotopic (exact) mass is 316 g/mol. The highest BCUT2D eigenvalue weighted by atomic mass is 35.5. The normalized spacial score (nSPS) is 20.5. The maximum Gasteiger partial charge on any atom is 0.511 e.